The Morgan fingerprint density at radius 2 is 1.86 bits per heavy atom. The molecule has 0 atom stereocenters. The molecule has 0 radical (unpaired) electrons. The molecule has 0 bridgehead atoms. The zero-order chi connectivity index (χ0) is 15.8. The fourth-order valence-electron chi connectivity index (χ4n) is 2.81. The Labute approximate surface area is 133 Å². The van der Waals surface area contributed by atoms with E-state index in [-0.39, 0.29) is 12.0 Å². The van der Waals surface area contributed by atoms with Crippen LogP contribution in [0.3, 0.4) is 0 Å². The molecule has 0 unspecified atom stereocenters. The second kappa shape index (κ2) is 8.79. The summed E-state index contributed by atoms with van der Waals surface area (Å²) >= 11 is 0. The summed E-state index contributed by atoms with van der Waals surface area (Å²) in [4.78, 5) is 11.9. The van der Waals surface area contributed by atoms with Crippen LogP contribution in [0.15, 0.2) is 24.3 Å². The molecule has 1 amide bonds. The molecule has 4 heteroatoms. The van der Waals surface area contributed by atoms with Gasteiger partial charge in [-0.25, -0.2) is 0 Å². The Balaban J connectivity index is 1.67. The summed E-state index contributed by atoms with van der Waals surface area (Å²) in [5.41, 5.74) is 0.818. The first-order valence-electron chi connectivity index (χ1n) is 8.43. The Kier molecular flexibility index (Phi) is 6.72. The van der Waals surface area contributed by atoms with Crippen LogP contribution in [-0.4, -0.2) is 24.6 Å². The quantitative estimate of drug-likeness (QED) is 0.807. The maximum absolute atomic E-state index is 11.9. The molecule has 4 nitrogen and oxygen atoms in total. The lowest BCUT2D eigenvalue weighted by molar-refractivity contribution is -0.116. The van der Waals surface area contributed by atoms with Gasteiger partial charge in [0.1, 0.15) is 5.75 Å². The van der Waals surface area contributed by atoms with Crippen LogP contribution in [0, 0.1) is 0 Å². The van der Waals surface area contributed by atoms with Gasteiger partial charge in [0.25, 0.3) is 0 Å². The predicted octanol–water partition coefficient (Wildman–Crippen LogP) is 3.72. The summed E-state index contributed by atoms with van der Waals surface area (Å²) in [5.74, 6) is 0.882. The number of hydrogen-bond acceptors (Lipinski definition) is 3. The minimum Gasteiger partial charge on any atom is -0.491 e. The molecule has 1 aromatic carbocycles. The highest BCUT2D eigenvalue weighted by Crippen LogP contribution is 2.18. The van der Waals surface area contributed by atoms with Gasteiger partial charge in [-0.1, -0.05) is 19.3 Å². The number of ether oxygens (including phenoxy) is 1. The van der Waals surface area contributed by atoms with E-state index >= 15 is 0 Å². The van der Waals surface area contributed by atoms with Gasteiger partial charge < -0.3 is 15.4 Å². The lowest BCUT2D eigenvalue weighted by Gasteiger charge is -2.22. The smallest absolute Gasteiger partial charge is 0.225 e. The molecule has 1 aromatic rings. The van der Waals surface area contributed by atoms with Crippen LogP contribution < -0.4 is 15.4 Å². The second-order valence-corrected chi connectivity index (χ2v) is 6.28. The van der Waals surface area contributed by atoms with Crippen molar-refractivity contribution in [2.24, 2.45) is 0 Å². The molecule has 122 valence electrons. The molecule has 1 aliphatic carbocycles. The fourth-order valence-corrected chi connectivity index (χ4v) is 2.81. The summed E-state index contributed by atoms with van der Waals surface area (Å²) in [6.45, 7) is 4.75. The van der Waals surface area contributed by atoms with Gasteiger partial charge in [0.2, 0.25) is 5.91 Å². The van der Waals surface area contributed by atoms with Crippen LogP contribution in [0.5, 0.6) is 5.75 Å². The number of rotatable bonds is 7. The summed E-state index contributed by atoms with van der Waals surface area (Å²) < 4.78 is 5.58. The maximum atomic E-state index is 11.9. The second-order valence-electron chi connectivity index (χ2n) is 6.28. The van der Waals surface area contributed by atoms with Gasteiger partial charge in [0.05, 0.1) is 6.10 Å². The number of carbonyl (C=O) groups is 1. The van der Waals surface area contributed by atoms with Crippen LogP contribution in [0.1, 0.15) is 52.4 Å². The third-order valence-corrected chi connectivity index (χ3v) is 3.90. The maximum Gasteiger partial charge on any atom is 0.225 e. The van der Waals surface area contributed by atoms with E-state index in [0.717, 1.165) is 18.0 Å². The van der Waals surface area contributed by atoms with E-state index in [2.05, 4.69) is 10.6 Å². The molecule has 2 N–H and O–H groups in total. The summed E-state index contributed by atoms with van der Waals surface area (Å²) in [6.07, 6.45) is 7.16. The molecule has 22 heavy (non-hydrogen) atoms. The van der Waals surface area contributed by atoms with Gasteiger partial charge in [-0.2, -0.15) is 0 Å². The molecule has 0 spiro atoms. The van der Waals surface area contributed by atoms with Gasteiger partial charge in [0.15, 0.2) is 0 Å². The summed E-state index contributed by atoms with van der Waals surface area (Å²) in [6, 6.07) is 8.13. The highest BCUT2D eigenvalue weighted by molar-refractivity contribution is 5.90. The van der Waals surface area contributed by atoms with E-state index in [9.17, 15) is 4.79 Å². The zero-order valence-electron chi connectivity index (χ0n) is 13.7. The van der Waals surface area contributed by atoms with E-state index < -0.39 is 0 Å². The van der Waals surface area contributed by atoms with Crippen molar-refractivity contribution in [1.29, 1.82) is 0 Å². The van der Waals surface area contributed by atoms with Gasteiger partial charge in [-0.05, 0) is 51.0 Å². The minimum atomic E-state index is 0.0563. The Morgan fingerprint density at radius 3 is 2.50 bits per heavy atom. The fraction of sp³-hybridized carbons (Fsp3) is 0.611. The van der Waals surface area contributed by atoms with Crippen molar-refractivity contribution in [3.63, 3.8) is 0 Å². The molecule has 0 saturated heterocycles. The van der Waals surface area contributed by atoms with Gasteiger partial charge in [0, 0.05) is 24.7 Å². The number of benzene rings is 1. The normalized spacial score (nSPS) is 15.8. The number of amides is 1. The van der Waals surface area contributed by atoms with E-state index in [1.54, 1.807) is 0 Å². The molecule has 2 rings (SSSR count). The van der Waals surface area contributed by atoms with E-state index in [1.165, 1.54) is 32.1 Å². The van der Waals surface area contributed by atoms with E-state index in [0.29, 0.717) is 12.5 Å². The Bertz CT molecular complexity index is 451. The lowest BCUT2D eigenvalue weighted by atomic mass is 9.95. The lowest BCUT2D eigenvalue weighted by Crippen LogP contribution is -2.33. The molecular weight excluding hydrogens is 276 g/mol. The third kappa shape index (κ3) is 6.06. The topological polar surface area (TPSA) is 50.4 Å². The number of carbonyl (C=O) groups excluding carboxylic acids is 1. The molecule has 1 aliphatic rings. The standard InChI is InChI=1S/C18H28N2O2/c1-14(2)22-17-10-8-16(9-11-17)20-18(21)12-13-19-15-6-4-3-5-7-15/h8-11,14-15,19H,3-7,12-13H2,1-2H3,(H,20,21). The molecule has 0 heterocycles. The van der Waals surface area contributed by atoms with E-state index in [1.807, 2.05) is 38.1 Å². The van der Waals surface area contributed by atoms with Gasteiger partial charge in [-0.3, -0.25) is 4.79 Å². The molecular formula is C18H28N2O2. The number of anilines is 1. The van der Waals surface area contributed by atoms with Crippen molar-refractivity contribution in [1.82, 2.24) is 5.32 Å². The minimum absolute atomic E-state index is 0.0563. The van der Waals surface area contributed by atoms with Crippen LogP contribution in [0.25, 0.3) is 0 Å². The first kappa shape index (κ1) is 16.8. The molecule has 0 aliphatic heterocycles. The first-order chi connectivity index (χ1) is 10.6. The van der Waals surface area contributed by atoms with Crippen molar-refractivity contribution in [2.45, 2.75) is 64.5 Å². The molecule has 0 aromatic heterocycles. The highest BCUT2D eigenvalue weighted by atomic mass is 16.5. The van der Waals surface area contributed by atoms with Crippen LogP contribution in [0.2, 0.25) is 0 Å². The average Bonchev–Trinajstić information content (AvgIpc) is 2.50. The molecule has 1 saturated carbocycles. The van der Waals surface area contributed by atoms with Crippen LogP contribution in [-0.2, 0) is 4.79 Å². The van der Waals surface area contributed by atoms with Crippen molar-refractivity contribution in [3.8, 4) is 5.75 Å². The third-order valence-electron chi connectivity index (χ3n) is 3.90. The van der Waals surface area contributed by atoms with Crippen molar-refractivity contribution in [2.75, 3.05) is 11.9 Å². The van der Waals surface area contributed by atoms with Gasteiger partial charge in [-0.15, -0.1) is 0 Å². The molecule has 1 fully saturated rings. The van der Waals surface area contributed by atoms with Crippen molar-refractivity contribution >= 4 is 11.6 Å². The summed E-state index contributed by atoms with van der Waals surface area (Å²) in [7, 11) is 0. The first-order valence-corrected chi connectivity index (χ1v) is 8.43. The van der Waals surface area contributed by atoms with E-state index in [4.69, 9.17) is 4.74 Å². The van der Waals surface area contributed by atoms with Crippen LogP contribution >= 0.6 is 0 Å². The zero-order valence-corrected chi connectivity index (χ0v) is 13.7. The van der Waals surface area contributed by atoms with Crippen molar-refractivity contribution < 1.29 is 9.53 Å². The number of hydrogen-bond donors (Lipinski definition) is 2. The SMILES string of the molecule is CC(C)Oc1ccc(NC(=O)CCNC2CCCCC2)cc1. The van der Waals surface area contributed by atoms with Crippen LogP contribution in [0.4, 0.5) is 5.69 Å². The average molecular weight is 304 g/mol. The Morgan fingerprint density at radius 1 is 1.18 bits per heavy atom. The highest BCUT2D eigenvalue weighted by Gasteiger charge is 2.12. The van der Waals surface area contributed by atoms with Crippen molar-refractivity contribution in [3.05, 3.63) is 24.3 Å². The monoisotopic (exact) mass is 304 g/mol. The largest absolute Gasteiger partial charge is 0.491 e. The Hall–Kier alpha value is -1.55. The summed E-state index contributed by atoms with van der Waals surface area (Å²) in [5, 5.41) is 6.41. The van der Waals surface area contributed by atoms with Gasteiger partial charge >= 0.3 is 0 Å². The number of nitrogens with one attached hydrogen (secondary N) is 2. The predicted molar refractivity (Wildman–Crippen MR) is 90.3 cm³/mol.